The summed E-state index contributed by atoms with van der Waals surface area (Å²) < 4.78 is 1.90. The van der Waals surface area contributed by atoms with Gasteiger partial charge >= 0.3 is 0 Å². The molecule has 2 aliphatic rings. The molecule has 41 heavy (non-hydrogen) atoms. The molecule has 2 N–H and O–H groups in total. The molecular formula is C32H35ClN6O2. The molecule has 1 aliphatic carbocycles. The summed E-state index contributed by atoms with van der Waals surface area (Å²) in [6, 6.07) is 20.0. The SMILES string of the molecule is O=C([C@H]1CN([C@H]2c3ccc(Cl)cc3CCc3cccnc32)CCN1)N(CCn1ccnc1CO)Cc1ccccc1. The minimum absolute atomic E-state index is 0.0426. The number of pyridine rings is 1. The van der Waals surface area contributed by atoms with Crippen molar-refractivity contribution in [2.45, 2.75) is 44.6 Å². The number of aromatic nitrogens is 3. The number of nitrogens with one attached hydrogen (secondary N) is 1. The molecule has 0 bridgehead atoms. The van der Waals surface area contributed by atoms with Crippen LogP contribution >= 0.6 is 11.6 Å². The number of piperazine rings is 1. The Morgan fingerprint density at radius 3 is 2.76 bits per heavy atom. The normalized spacial score (nSPS) is 18.8. The fraction of sp³-hybridized carbons (Fsp3) is 0.344. The fourth-order valence-electron chi connectivity index (χ4n) is 6.14. The van der Waals surface area contributed by atoms with Gasteiger partial charge < -0.3 is 19.9 Å². The van der Waals surface area contributed by atoms with Gasteiger partial charge in [0, 0.05) is 62.9 Å². The molecular weight excluding hydrogens is 536 g/mol. The van der Waals surface area contributed by atoms with Crippen LogP contribution in [0.25, 0.3) is 0 Å². The Morgan fingerprint density at radius 1 is 1.05 bits per heavy atom. The summed E-state index contributed by atoms with van der Waals surface area (Å²) in [4.78, 5) is 27.6. The predicted octanol–water partition coefficient (Wildman–Crippen LogP) is 3.61. The lowest BCUT2D eigenvalue weighted by molar-refractivity contribution is -0.135. The molecule has 0 saturated carbocycles. The van der Waals surface area contributed by atoms with Crippen molar-refractivity contribution >= 4 is 17.5 Å². The second kappa shape index (κ2) is 12.5. The van der Waals surface area contributed by atoms with Crippen LogP contribution in [-0.4, -0.2) is 67.6 Å². The maximum Gasteiger partial charge on any atom is 0.241 e. The van der Waals surface area contributed by atoms with Crippen LogP contribution in [-0.2, 0) is 37.3 Å². The van der Waals surface area contributed by atoms with Crippen LogP contribution in [0.15, 0.2) is 79.3 Å². The lowest BCUT2D eigenvalue weighted by Crippen LogP contribution is -2.58. The molecule has 2 aromatic carbocycles. The number of imidazole rings is 1. The number of amides is 1. The number of nitrogens with zero attached hydrogens (tertiary/aromatic N) is 5. The number of fused-ring (bicyclic) bond motifs is 2. The van der Waals surface area contributed by atoms with Gasteiger partial charge in [-0.15, -0.1) is 0 Å². The van der Waals surface area contributed by atoms with Crippen LogP contribution in [0.2, 0.25) is 5.02 Å². The zero-order valence-electron chi connectivity index (χ0n) is 23.0. The first-order chi connectivity index (χ1) is 20.1. The number of hydrogen-bond acceptors (Lipinski definition) is 6. The summed E-state index contributed by atoms with van der Waals surface area (Å²) in [6.07, 6.45) is 7.22. The average Bonchev–Trinajstić information content (AvgIpc) is 3.41. The zero-order valence-corrected chi connectivity index (χ0v) is 23.7. The largest absolute Gasteiger partial charge is 0.388 e. The van der Waals surface area contributed by atoms with Gasteiger partial charge in [-0.1, -0.05) is 54.1 Å². The topological polar surface area (TPSA) is 86.5 Å². The minimum atomic E-state index is -0.362. The van der Waals surface area contributed by atoms with Crippen molar-refractivity contribution in [1.29, 1.82) is 0 Å². The second-order valence-electron chi connectivity index (χ2n) is 10.7. The van der Waals surface area contributed by atoms with E-state index < -0.39 is 0 Å². The predicted molar refractivity (Wildman–Crippen MR) is 158 cm³/mol. The summed E-state index contributed by atoms with van der Waals surface area (Å²) in [5, 5.41) is 13.9. The first kappa shape index (κ1) is 27.6. The molecule has 0 radical (unpaired) electrons. The molecule has 1 fully saturated rings. The van der Waals surface area contributed by atoms with Crippen molar-refractivity contribution in [3.63, 3.8) is 0 Å². The van der Waals surface area contributed by atoms with E-state index in [1.54, 1.807) is 6.20 Å². The van der Waals surface area contributed by atoms with E-state index in [4.69, 9.17) is 16.6 Å². The highest BCUT2D eigenvalue weighted by Crippen LogP contribution is 2.37. The Morgan fingerprint density at radius 2 is 1.90 bits per heavy atom. The third-order valence-electron chi connectivity index (χ3n) is 8.20. The summed E-state index contributed by atoms with van der Waals surface area (Å²) in [5.41, 5.74) is 5.86. The number of hydrogen-bond donors (Lipinski definition) is 2. The molecule has 9 heteroatoms. The van der Waals surface area contributed by atoms with Crippen molar-refractivity contribution in [3.05, 3.63) is 118 Å². The Hall–Kier alpha value is -3.56. The molecule has 0 spiro atoms. The van der Waals surface area contributed by atoms with Crippen molar-refractivity contribution in [2.24, 2.45) is 0 Å². The van der Waals surface area contributed by atoms with E-state index in [9.17, 15) is 9.90 Å². The van der Waals surface area contributed by atoms with Gasteiger partial charge in [0.05, 0.1) is 17.8 Å². The smallest absolute Gasteiger partial charge is 0.241 e. The van der Waals surface area contributed by atoms with Gasteiger partial charge in [-0.3, -0.25) is 14.7 Å². The van der Waals surface area contributed by atoms with Gasteiger partial charge in [-0.25, -0.2) is 4.98 Å². The maximum absolute atomic E-state index is 14.2. The molecule has 1 saturated heterocycles. The zero-order chi connectivity index (χ0) is 28.2. The standard InChI is InChI=1S/C32H35ClN6O2/c33-26-10-11-27-25(19-26)9-8-24-7-4-12-36-30(24)31(27)38-16-13-34-28(21-38)32(41)39(20-23-5-2-1-3-6-23)18-17-37-15-14-35-29(37)22-40/h1-7,10-12,14-15,19,28,31,34,40H,8-9,13,16-18,20-22H2/t28-,31+/m1/s1. The number of carbonyl (C=O) groups excluding carboxylic acids is 1. The number of benzene rings is 2. The van der Waals surface area contributed by atoms with Crippen molar-refractivity contribution < 1.29 is 9.90 Å². The third-order valence-corrected chi connectivity index (χ3v) is 8.44. The van der Waals surface area contributed by atoms with Gasteiger partial charge in [0.1, 0.15) is 12.4 Å². The molecule has 2 atom stereocenters. The number of aliphatic hydroxyl groups excluding tert-OH is 1. The fourth-order valence-corrected chi connectivity index (χ4v) is 6.33. The molecule has 212 valence electrons. The highest BCUT2D eigenvalue weighted by atomic mass is 35.5. The Labute approximate surface area is 245 Å². The van der Waals surface area contributed by atoms with Crippen LogP contribution in [0.1, 0.15) is 39.8 Å². The highest BCUT2D eigenvalue weighted by Gasteiger charge is 2.36. The molecule has 4 aromatic rings. The van der Waals surface area contributed by atoms with Crippen LogP contribution in [0, 0.1) is 0 Å². The second-order valence-corrected chi connectivity index (χ2v) is 11.2. The van der Waals surface area contributed by atoms with E-state index in [1.807, 2.05) is 64.3 Å². The van der Waals surface area contributed by atoms with Gasteiger partial charge in [0.15, 0.2) is 0 Å². The van der Waals surface area contributed by atoms with Gasteiger partial charge in [-0.05, 0) is 53.3 Å². The maximum atomic E-state index is 14.2. The monoisotopic (exact) mass is 570 g/mol. The summed E-state index contributed by atoms with van der Waals surface area (Å²) in [5.74, 6) is 0.660. The third kappa shape index (κ3) is 6.06. The summed E-state index contributed by atoms with van der Waals surface area (Å²) >= 11 is 6.42. The molecule has 3 heterocycles. The van der Waals surface area contributed by atoms with Crippen LogP contribution < -0.4 is 5.32 Å². The van der Waals surface area contributed by atoms with E-state index >= 15 is 0 Å². The molecule has 0 unspecified atom stereocenters. The van der Waals surface area contributed by atoms with E-state index in [2.05, 4.69) is 33.4 Å². The minimum Gasteiger partial charge on any atom is -0.388 e. The summed E-state index contributed by atoms with van der Waals surface area (Å²) in [7, 11) is 0. The average molecular weight is 571 g/mol. The van der Waals surface area contributed by atoms with Gasteiger partial charge in [-0.2, -0.15) is 0 Å². The van der Waals surface area contributed by atoms with Crippen LogP contribution in [0.5, 0.6) is 0 Å². The highest BCUT2D eigenvalue weighted by molar-refractivity contribution is 6.30. The molecule has 1 amide bonds. The van der Waals surface area contributed by atoms with Gasteiger partial charge in [0.25, 0.3) is 0 Å². The van der Waals surface area contributed by atoms with Crippen molar-refractivity contribution in [1.82, 2.24) is 29.7 Å². The molecule has 2 aromatic heterocycles. The van der Waals surface area contributed by atoms with E-state index in [0.717, 1.165) is 35.7 Å². The number of rotatable bonds is 8. The Kier molecular flexibility index (Phi) is 8.43. The Balaban J connectivity index is 1.27. The van der Waals surface area contributed by atoms with Crippen molar-refractivity contribution in [2.75, 3.05) is 26.2 Å². The number of aliphatic hydroxyl groups is 1. The first-order valence-electron chi connectivity index (χ1n) is 14.2. The van der Waals surface area contributed by atoms with Crippen LogP contribution in [0.4, 0.5) is 0 Å². The Bertz CT molecular complexity index is 1490. The quantitative estimate of drug-likeness (QED) is 0.337. The number of halogens is 1. The van der Waals surface area contributed by atoms with Gasteiger partial charge in [0.2, 0.25) is 5.91 Å². The number of carbonyl (C=O) groups is 1. The van der Waals surface area contributed by atoms with Crippen LogP contribution in [0.3, 0.4) is 0 Å². The van der Waals surface area contributed by atoms with E-state index in [1.165, 1.54) is 16.7 Å². The molecule has 1 aliphatic heterocycles. The first-order valence-corrected chi connectivity index (χ1v) is 14.6. The lowest BCUT2D eigenvalue weighted by atomic mass is 9.95. The molecule has 8 nitrogen and oxygen atoms in total. The lowest BCUT2D eigenvalue weighted by Gasteiger charge is -2.40. The number of aryl methyl sites for hydroxylation is 2. The van der Waals surface area contributed by atoms with E-state index in [0.29, 0.717) is 38.5 Å². The molecule has 6 rings (SSSR count). The van der Waals surface area contributed by atoms with Crippen molar-refractivity contribution in [3.8, 4) is 0 Å². The summed E-state index contributed by atoms with van der Waals surface area (Å²) in [6.45, 7) is 3.51. The van der Waals surface area contributed by atoms with E-state index in [-0.39, 0.29) is 24.6 Å².